The second-order valence-electron chi connectivity index (χ2n) is 7.08. The number of hydrogen-bond acceptors (Lipinski definition) is 4. The van der Waals surface area contributed by atoms with Gasteiger partial charge < -0.3 is 10.2 Å². The van der Waals surface area contributed by atoms with Gasteiger partial charge in [0.1, 0.15) is 5.82 Å². The molecule has 5 nitrogen and oxygen atoms in total. The maximum Gasteiger partial charge on any atom is 0.229 e. The van der Waals surface area contributed by atoms with Crippen LogP contribution in [0.2, 0.25) is 0 Å². The number of amides is 2. The Kier molecular flexibility index (Phi) is 4.55. The number of carbonyl (C=O) groups is 2. The molecule has 0 saturated heterocycles. The van der Waals surface area contributed by atoms with Crippen LogP contribution in [-0.2, 0) is 9.59 Å². The Morgan fingerprint density at radius 1 is 1.26 bits per heavy atom. The molecule has 27 heavy (non-hydrogen) atoms. The van der Waals surface area contributed by atoms with Gasteiger partial charge in [-0.3, -0.25) is 9.59 Å². The van der Waals surface area contributed by atoms with Gasteiger partial charge in [0.2, 0.25) is 11.8 Å². The summed E-state index contributed by atoms with van der Waals surface area (Å²) in [6.07, 6.45) is 2.28. The van der Waals surface area contributed by atoms with E-state index in [1.807, 2.05) is 12.1 Å². The zero-order valence-electron chi connectivity index (χ0n) is 15.2. The van der Waals surface area contributed by atoms with Gasteiger partial charge in [0.25, 0.3) is 0 Å². The van der Waals surface area contributed by atoms with Crippen LogP contribution >= 0.6 is 11.3 Å². The standard InChI is InChI=1S/C20H20FN3O2S/c1-11(25)24(2)15-6-3-13(10-15)19(26)23-20-22-17-8-4-12-9-14(21)5-7-16(12)18(17)27-20/h4-5,7-9,13,15H,3,6,10H2,1-2H3,(H,22,23,26)/t13-,15+/m0/s1. The average molecular weight is 385 g/mol. The Bertz CT molecular complexity index is 1050. The summed E-state index contributed by atoms with van der Waals surface area (Å²) in [5.41, 5.74) is 0.787. The number of thiazole rings is 1. The zero-order valence-corrected chi connectivity index (χ0v) is 16.0. The summed E-state index contributed by atoms with van der Waals surface area (Å²) in [5, 5.41) is 5.22. The summed E-state index contributed by atoms with van der Waals surface area (Å²) in [4.78, 5) is 30.4. The van der Waals surface area contributed by atoms with E-state index in [4.69, 9.17) is 0 Å². The molecule has 0 aliphatic heterocycles. The Morgan fingerprint density at radius 2 is 2.07 bits per heavy atom. The molecular weight excluding hydrogens is 365 g/mol. The predicted molar refractivity (Wildman–Crippen MR) is 105 cm³/mol. The number of benzene rings is 2. The molecule has 7 heteroatoms. The van der Waals surface area contributed by atoms with Gasteiger partial charge in [-0.05, 0) is 48.9 Å². The first-order chi connectivity index (χ1) is 12.9. The van der Waals surface area contributed by atoms with Crippen molar-refractivity contribution in [1.82, 2.24) is 9.88 Å². The first-order valence-electron chi connectivity index (χ1n) is 8.95. The second kappa shape index (κ2) is 6.88. The van der Waals surface area contributed by atoms with E-state index in [0.717, 1.165) is 33.8 Å². The van der Waals surface area contributed by atoms with Gasteiger partial charge in [-0.1, -0.05) is 17.4 Å². The van der Waals surface area contributed by atoms with Crippen LogP contribution in [0.5, 0.6) is 0 Å². The molecule has 1 N–H and O–H groups in total. The minimum atomic E-state index is -0.272. The number of nitrogens with zero attached hydrogens (tertiary/aromatic N) is 2. The van der Waals surface area contributed by atoms with Crippen LogP contribution in [0.1, 0.15) is 26.2 Å². The highest BCUT2D eigenvalue weighted by atomic mass is 32.1. The number of carbonyl (C=O) groups excluding carboxylic acids is 2. The number of fused-ring (bicyclic) bond motifs is 3. The van der Waals surface area contributed by atoms with Gasteiger partial charge in [-0.15, -0.1) is 0 Å². The third-order valence-corrected chi connectivity index (χ3v) is 6.40. The molecule has 1 fully saturated rings. The number of hydrogen-bond donors (Lipinski definition) is 1. The molecule has 1 saturated carbocycles. The predicted octanol–water partition coefficient (Wildman–Crippen LogP) is 4.17. The van der Waals surface area contributed by atoms with Crippen molar-refractivity contribution < 1.29 is 14.0 Å². The molecule has 1 aliphatic carbocycles. The molecule has 3 aromatic rings. The summed E-state index contributed by atoms with van der Waals surface area (Å²) in [6, 6.07) is 8.48. The van der Waals surface area contributed by atoms with Gasteiger partial charge >= 0.3 is 0 Å². The van der Waals surface area contributed by atoms with E-state index in [1.54, 1.807) is 24.9 Å². The lowest BCUT2D eigenvalue weighted by Gasteiger charge is -2.22. The lowest BCUT2D eigenvalue weighted by molar-refractivity contribution is -0.130. The molecule has 4 rings (SSSR count). The fourth-order valence-electron chi connectivity index (χ4n) is 3.75. The first kappa shape index (κ1) is 17.9. The van der Waals surface area contributed by atoms with E-state index in [0.29, 0.717) is 11.6 Å². The average Bonchev–Trinajstić information content (AvgIpc) is 3.27. The largest absolute Gasteiger partial charge is 0.343 e. The van der Waals surface area contributed by atoms with E-state index in [-0.39, 0.29) is 29.6 Å². The lowest BCUT2D eigenvalue weighted by atomic mass is 10.1. The molecule has 140 valence electrons. The van der Waals surface area contributed by atoms with Crippen molar-refractivity contribution in [3.05, 3.63) is 36.1 Å². The number of rotatable bonds is 3. The topological polar surface area (TPSA) is 62.3 Å². The van der Waals surface area contributed by atoms with Crippen LogP contribution in [-0.4, -0.2) is 34.8 Å². The smallest absolute Gasteiger partial charge is 0.229 e. The fraction of sp³-hybridized carbons (Fsp3) is 0.350. The van der Waals surface area contributed by atoms with Crippen molar-refractivity contribution in [1.29, 1.82) is 0 Å². The molecule has 2 amide bonds. The number of aromatic nitrogens is 1. The van der Waals surface area contributed by atoms with Crippen LogP contribution in [0, 0.1) is 11.7 Å². The van der Waals surface area contributed by atoms with Crippen molar-refractivity contribution in [3.8, 4) is 0 Å². The number of nitrogens with one attached hydrogen (secondary N) is 1. The minimum Gasteiger partial charge on any atom is -0.343 e. The maximum absolute atomic E-state index is 13.4. The number of halogens is 1. The van der Waals surface area contributed by atoms with Gasteiger partial charge in [-0.25, -0.2) is 9.37 Å². The van der Waals surface area contributed by atoms with E-state index in [9.17, 15) is 14.0 Å². The Balaban J connectivity index is 1.53. The summed E-state index contributed by atoms with van der Waals surface area (Å²) in [6.45, 7) is 1.55. The summed E-state index contributed by atoms with van der Waals surface area (Å²) in [5.74, 6) is -0.416. The lowest BCUT2D eigenvalue weighted by Crippen LogP contribution is -2.34. The Hall–Kier alpha value is -2.54. The molecule has 0 bridgehead atoms. The molecule has 1 aromatic heterocycles. The van der Waals surface area contributed by atoms with Gasteiger partial charge in [-0.2, -0.15) is 0 Å². The maximum atomic E-state index is 13.4. The third kappa shape index (κ3) is 3.39. The highest BCUT2D eigenvalue weighted by molar-refractivity contribution is 7.23. The molecule has 0 spiro atoms. The third-order valence-electron chi connectivity index (χ3n) is 5.38. The SMILES string of the molecule is CC(=O)N(C)[C@@H]1CC[C@H](C(=O)Nc2nc3ccc4cc(F)ccc4c3s2)C1. The van der Waals surface area contributed by atoms with E-state index in [2.05, 4.69) is 10.3 Å². The number of anilines is 1. The molecule has 1 aliphatic rings. The van der Waals surface area contributed by atoms with E-state index < -0.39 is 0 Å². The highest BCUT2D eigenvalue weighted by Crippen LogP contribution is 2.34. The van der Waals surface area contributed by atoms with Crippen molar-refractivity contribution in [3.63, 3.8) is 0 Å². The summed E-state index contributed by atoms with van der Waals surface area (Å²) < 4.78 is 14.4. The van der Waals surface area contributed by atoms with Gasteiger partial charge in [0.15, 0.2) is 5.13 Å². The Morgan fingerprint density at radius 3 is 2.85 bits per heavy atom. The van der Waals surface area contributed by atoms with E-state index >= 15 is 0 Å². The fourth-order valence-corrected chi connectivity index (χ4v) is 4.75. The van der Waals surface area contributed by atoms with Crippen molar-refractivity contribution in [2.24, 2.45) is 5.92 Å². The molecule has 0 radical (unpaired) electrons. The summed E-state index contributed by atoms with van der Waals surface area (Å²) >= 11 is 1.40. The minimum absolute atomic E-state index is 0.0237. The highest BCUT2D eigenvalue weighted by Gasteiger charge is 2.33. The van der Waals surface area contributed by atoms with Crippen molar-refractivity contribution in [2.75, 3.05) is 12.4 Å². The van der Waals surface area contributed by atoms with Gasteiger partial charge in [0.05, 0.1) is 10.2 Å². The Labute approximate surface area is 160 Å². The first-order valence-corrected chi connectivity index (χ1v) is 9.77. The molecular formula is C20H20FN3O2S. The molecule has 1 heterocycles. The normalized spacial score (nSPS) is 19.5. The quantitative estimate of drug-likeness (QED) is 0.736. The van der Waals surface area contributed by atoms with Crippen LogP contribution in [0.4, 0.5) is 9.52 Å². The van der Waals surface area contributed by atoms with Crippen LogP contribution in [0.25, 0.3) is 21.0 Å². The van der Waals surface area contributed by atoms with Crippen LogP contribution < -0.4 is 5.32 Å². The van der Waals surface area contributed by atoms with Crippen molar-refractivity contribution in [2.45, 2.75) is 32.2 Å². The monoisotopic (exact) mass is 385 g/mol. The van der Waals surface area contributed by atoms with Gasteiger partial charge in [0, 0.05) is 31.3 Å². The second-order valence-corrected chi connectivity index (χ2v) is 8.08. The zero-order chi connectivity index (χ0) is 19.1. The van der Waals surface area contributed by atoms with E-state index in [1.165, 1.54) is 23.5 Å². The molecule has 2 aromatic carbocycles. The van der Waals surface area contributed by atoms with Crippen LogP contribution in [0.3, 0.4) is 0 Å². The molecule has 2 atom stereocenters. The molecule has 0 unspecified atom stereocenters. The van der Waals surface area contributed by atoms with Crippen molar-refractivity contribution >= 4 is 49.3 Å². The van der Waals surface area contributed by atoms with Crippen LogP contribution in [0.15, 0.2) is 30.3 Å². The summed E-state index contributed by atoms with van der Waals surface area (Å²) in [7, 11) is 1.79.